The number of nitrogens with zero attached hydrogens (tertiary/aromatic N) is 2. The zero-order valence-corrected chi connectivity index (χ0v) is 12.5. The van der Waals surface area contributed by atoms with Crippen LogP contribution >= 0.6 is 0 Å². The fourth-order valence-corrected chi connectivity index (χ4v) is 2.19. The van der Waals surface area contributed by atoms with E-state index in [1.54, 1.807) is 6.07 Å². The minimum atomic E-state index is -1.20. The number of aliphatic hydroxyl groups is 1. The van der Waals surface area contributed by atoms with Gasteiger partial charge in [-0.2, -0.15) is 0 Å². The summed E-state index contributed by atoms with van der Waals surface area (Å²) in [6, 6.07) is 4.25. The van der Waals surface area contributed by atoms with Crippen LogP contribution in [0.2, 0.25) is 0 Å². The highest BCUT2D eigenvalue weighted by atomic mass is 16.6. The summed E-state index contributed by atoms with van der Waals surface area (Å²) in [6.07, 6.45) is 3.97. The molecule has 1 heterocycles. The predicted octanol–water partition coefficient (Wildman–Crippen LogP) is 0.278. The molecule has 0 unspecified atom stereocenters. The Bertz CT molecular complexity index is 699. The Morgan fingerprint density at radius 2 is 2.17 bits per heavy atom. The number of nitro groups is 1. The van der Waals surface area contributed by atoms with E-state index in [-0.39, 0.29) is 31.0 Å². The van der Waals surface area contributed by atoms with Gasteiger partial charge in [-0.05, 0) is 6.07 Å². The minimum Gasteiger partial charge on any atom is -0.484 e. The van der Waals surface area contributed by atoms with E-state index in [4.69, 9.17) is 11.2 Å². The lowest BCUT2D eigenvalue weighted by Crippen LogP contribution is -2.40. The van der Waals surface area contributed by atoms with Crippen LogP contribution in [0.5, 0.6) is 5.75 Å². The minimum absolute atomic E-state index is 0.0102. The molecule has 24 heavy (non-hydrogen) atoms. The van der Waals surface area contributed by atoms with E-state index >= 15 is 0 Å². The lowest BCUT2D eigenvalue weighted by molar-refractivity contribution is -0.385. The Morgan fingerprint density at radius 1 is 1.46 bits per heavy atom. The van der Waals surface area contributed by atoms with E-state index in [0.717, 1.165) is 4.90 Å². The molecule has 1 fully saturated rings. The summed E-state index contributed by atoms with van der Waals surface area (Å²) in [6.45, 7) is -0.617. The SMILES string of the molecule is C#CC[C@H]1NC(=O)N(C[C@@H](O)COc2ccccc2[N+](=O)[O-])C1=O. The van der Waals surface area contributed by atoms with Gasteiger partial charge in [-0.25, -0.2) is 4.79 Å². The highest BCUT2D eigenvalue weighted by Gasteiger charge is 2.38. The molecule has 1 aromatic carbocycles. The number of carbonyl (C=O) groups is 2. The molecule has 2 N–H and O–H groups in total. The molecule has 9 nitrogen and oxygen atoms in total. The number of nitro benzene ring substituents is 1. The molecule has 0 aliphatic carbocycles. The van der Waals surface area contributed by atoms with E-state index in [1.165, 1.54) is 18.2 Å². The van der Waals surface area contributed by atoms with Crippen LogP contribution in [0.4, 0.5) is 10.5 Å². The number of para-hydroxylation sites is 2. The van der Waals surface area contributed by atoms with Crippen molar-refractivity contribution in [3.05, 3.63) is 34.4 Å². The van der Waals surface area contributed by atoms with E-state index in [0.29, 0.717) is 0 Å². The summed E-state index contributed by atoms with van der Waals surface area (Å²) in [5.74, 6) is 1.75. The number of aliphatic hydroxyl groups excluding tert-OH is 1. The van der Waals surface area contributed by atoms with E-state index in [1.807, 2.05) is 0 Å². The van der Waals surface area contributed by atoms with Gasteiger partial charge in [-0.15, -0.1) is 12.3 Å². The standard InChI is InChI=1S/C15H15N3O6/c1-2-5-11-14(20)17(15(21)16-11)8-10(19)9-24-13-7-4-3-6-12(13)18(22)23/h1,3-4,6-7,10-11,19H,5,8-9H2,(H,16,21)/t10-,11-/m1/s1. The van der Waals surface area contributed by atoms with Gasteiger partial charge < -0.3 is 15.2 Å². The molecule has 2 rings (SSSR count). The number of carbonyl (C=O) groups excluding carboxylic acids is 2. The van der Waals surface area contributed by atoms with Crippen molar-refractivity contribution >= 4 is 17.6 Å². The Labute approximate surface area is 137 Å². The summed E-state index contributed by atoms with van der Waals surface area (Å²) in [4.78, 5) is 34.8. The van der Waals surface area contributed by atoms with Crippen molar-refractivity contribution in [3.8, 4) is 18.1 Å². The third-order valence-electron chi connectivity index (χ3n) is 3.32. The fraction of sp³-hybridized carbons (Fsp3) is 0.333. The Hall–Kier alpha value is -3.12. The normalized spacial score (nSPS) is 18.0. The van der Waals surface area contributed by atoms with E-state index in [9.17, 15) is 24.8 Å². The lowest BCUT2D eigenvalue weighted by Gasteiger charge is -2.18. The first-order valence-corrected chi connectivity index (χ1v) is 7.03. The summed E-state index contributed by atoms with van der Waals surface area (Å²) < 4.78 is 5.22. The van der Waals surface area contributed by atoms with Crippen molar-refractivity contribution in [2.24, 2.45) is 0 Å². The van der Waals surface area contributed by atoms with Gasteiger partial charge in [0.15, 0.2) is 5.75 Å². The first kappa shape index (κ1) is 17.2. The van der Waals surface area contributed by atoms with Crippen LogP contribution in [0.15, 0.2) is 24.3 Å². The van der Waals surface area contributed by atoms with Gasteiger partial charge in [0.05, 0.1) is 11.5 Å². The van der Waals surface area contributed by atoms with Gasteiger partial charge in [0.25, 0.3) is 5.91 Å². The van der Waals surface area contributed by atoms with Crippen molar-refractivity contribution in [1.82, 2.24) is 10.2 Å². The molecule has 0 aromatic heterocycles. The van der Waals surface area contributed by atoms with Crippen molar-refractivity contribution in [2.45, 2.75) is 18.6 Å². The molecule has 0 bridgehead atoms. The number of terminal acetylenes is 1. The molecule has 1 aliphatic rings. The van der Waals surface area contributed by atoms with Gasteiger partial charge in [0.2, 0.25) is 0 Å². The molecule has 2 atom stereocenters. The number of hydrogen-bond acceptors (Lipinski definition) is 6. The van der Waals surface area contributed by atoms with Crippen molar-refractivity contribution in [3.63, 3.8) is 0 Å². The first-order chi connectivity index (χ1) is 11.4. The Morgan fingerprint density at radius 3 is 2.83 bits per heavy atom. The van der Waals surface area contributed by atoms with Crippen LogP contribution in [0.1, 0.15) is 6.42 Å². The zero-order valence-electron chi connectivity index (χ0n) is 12.5. The number of hydrogen-bond donors (Lipinski definition) is 2. The Balaban J connectivity index is 1.94. The highest BCUT2D eigenvalue weighted by Crippen LogP contribution is 2.25. The van der Waals surface area contributed by atoms with E-state index < -0.39 is 29.0 Å². The fourth-order valence-electron chi connectivity index (χ4n) is 2.19. The van der Waals surface area contributed by atoms with Crippen LogP contribution in [0.25, 0.3) is 0 Å². The van der Waals surface area contributed by atoms with Crippen LogP contribution in [0, 0.1) is 22.5 Å². The van der Waals surface area contributed by atoms with Gasteiger partial charge in [0, 0.05) is 12.5 Å². The number of ether oxygens (including phenoxy) is 1. The number of β-amino-alcohol motifs (C(OH)–C–C–N with tert-alkyl or cyclic N) is 1. The zero-order chi connectivity index (χ0) is 17.7. The largest absolute Gasteiger partial charge is 0.484 e. The smallest absolute Gasteiger partial charge is 0.324 e. The number of urea groups is 1. The number of benzene rings is 1. The molecular formula is C15H15N3O6. The van der Waals surface area contributed by atoms with Crippen molar-refractivity contribution < 1.29 is 24.4 Å². The summed E-state index contributed by atoms with van der Waals surface area (Å²) >= 11 is 0. The maximum Gasteiger partial charge on any atom is 0.324 e. The molecule has 3 amide bonds. The number of amides is 3. The lowest BCUT2D eigenvalue weighted by atomic mass is 10.2. The third-order valence-corrected chi connectivity index (χ3v) is 3.32. The molecule has 0 saturated carbocycles. The quantitative estimate of drug-likeness (QED) is 0.320. The van der Waals surface area contributed by atoms with Crippen LogP contribution in [-0.4, -0.2) is 52.2 Å². The molecule has 0 spiro atoms. The Kier molecular flexibility index (Phi) is 5.34. The van der Waals surface area contributed by atoms with E-state index in [2.05, 4.69) is 11.2 Å². The molecule has 1 aliphatic heterocycles. The van der Waals surface area contributed by atoms with Gasteiger partial charge in [-0.1, -0.05) is 12.1 Å². The number of imide groups is 1. The summed E-state index contributed by atoms with van der Waals surface area (Å²) in [5, 5.41) is 23.2. The van der Waals surface area contributed by atoms with Crippen molar-refractivity contribution in [2.75, 3.05) is 13.2 Å². The van der Waals surface area contributed by atoms with Crippen molar-refractivity contribution in [1.29, 1.82) is 0 Å². The van der Waals surface area contributed by atoms with Crippen LogP contribution in [-0.2, 0) is 4.79 Å². The molecular weight excluding hydrogens is 318 g/mol. The van der Waals surface area contributed by atoms with Gasteiger partial charge in [0.1, 0.15) is 18.8 Å². The predicted molar refractivity (Wildman–Crippen MR) is 82.1 cm³/mol. The second kappa shape index (κ2) is 7.43. The first-order valence-electron chi connectivity index (χ1n) is 7.03. The van der Waals surface area contributed by atoms with Crippen LogP contribution < -0.4 is 10.1 Å². The molecule has 9 heteroatoms. The maximum atomic E-state index is 12.0. The summed E-state index contributed by atoms with van der Waals surface area (Å²) in [5.41, 5.74) is -0.242. The maximum absolute atomic E-state index is 12.0. The topological polar surface area (TPSA) is 122 Å². The average molecular weight is 333 g/mol. The monoisotopic (exact) mass is 333 g/mol. The van der Waals surface area contributed by atoms with Crippen LogP contribution in [0.3, 0.4) is 0 Å². The van der Waals surface area contributed by atoms with Gasteiger partial charge >= 0.3 is 11.7 Å². The van der Waals surface area contributed by atoms with Gasteiger partial charge in [-0.3, -0.25) is 19.8 Å². The summed E-state index contributed by atoms with van der Waals surface area (Å²) in [7, 11) is 0. The molecule has 0 radical (unpaired) electrons. The number of nitrogens with one attached hydrogen (secondary N) is 1. The number of rotatable bonds is 7. The molecule has 1 saturated heterocycles. The molecule has 126 valence electrons. The second-order valence-electron chi connectivity index (χ2n) is 5.05. The molecule has 1 aromatic rings. The average Bonchev–Trinajstić information content (AvgIpc) is 2.81. The second-order valence-corrected chi connectivity index (χ2v) is 5.05. The third kappa shape index (κ3) is 3.80. The highest BCUT2D eigenvalue weighted by molar-refractivity contribution is 6.04.